The summed E-state index contributed by atoms with van der Waals surface area (Å²) in [5.74, 6) is -0.0737. The maximum absolute atomic E-state index is 12.8. The Balaban J connectivity index is 2.16. The highest BCUT2D eigenvalue weighted by Gasteiger charge is 2.19. The van der Waals surface area contributed by atoms with Crippen molar-refractivity contribution in [3.8, 4) is 0 Å². The topological polar surface area (TPSA) is 57.7 Å². The average molecular weight is 375 g/mol. The summed E-state index contributed by atoms with van der Waals surface area (Å²) < 4.78 is 23.1. The SMILES string of the molecule is CCN(C)c1ccc(C(=O)N(C)C(C)c2ccc(S(C)(=O)=O)cc2)cc1. The van der Waals surface area contributed by atoms with E-state index in [4.69, 9.17) is 0 Å². The van der Waals surface area contributed by atoms with Gasteiger partial charge in [-0.15, -0.1) is 0 Å². The molecule has 0 fully saturated rings. The first kappa shape index (κ1) is 20.0. The summed E-state index contributed by atoms with van der Waals surface area (Å²) in [5.41, 5.74) is 2.58. The van der Waals surface area contributed by atoms with Crippen LogP contribution in [0.2, 0.25) is 0 Å². The number of carbonyl (C=O) groups excluding carboxylic acids is 1. The normalized spacial score (nSPS) is 12.5. The van der Waals surface area contributed by atoms with Gasteiger partial charge >= 0.3 is 0 Å². The third-order valence-electron chi connectivity index (χ3n) is 4.72. The summed E-state index contributed by atoms with van der Waals surface area (Å²) in [7, 11) is 0.536. The maximum Gasteiger partial charge on any atom is 0.254 e. The van der Waals surface area contributed by atoms with Crippen molar-refractivity contribution < 1.29 is 13.2 Å². The Morgan fingerprint density at radius 3 is 2.00 bits per heavy atom. The summed E-state index contributed by atoms with van der Waals surface area (Å²) in [6, 6.07) is 14.0. The van der Waals surface area contributed by atoms with Gasteiger partial charge in [0.15, 0.2) is 9.84 Å². The molecular weight excluding hydrogens is 348 g/mol. The van der Waals surface area contributed by atoms with E-state index in [-0.39, 0.29) is 16.8 Å². The van der Waals surface area contributed by atoms with Crippen LogP contribution in [0.4, 0.5) is 5.69 Å². The molecule has 1 amide bonds. The Morgan fingerprint density at radius 2 is 1.54 bits per heavy atom. The number of amides is 1. The van der Waals surface area contributed by atoms with Crippen LogP contribution in [0.3, 0.4) is 0 Å². The van der Waals surface area contributed by atoms with Gasteiger partial charge in [-0.3, -0.25) is 4.79 Å². The molecule has 0 aromatic heterocycles. The predicted octanol–water partition coefficient (Wildman–Crippen LogP) is 3.38. The fraction of sp³-hybridized carbons (Fsp3) is 0.350. The third kappa shape index (κ3) is 4.43. The highest BCUT2D eigenvalue weighted by molar-refractivity contribution is 7.90. The molecule has 0 saturated carbocycles. The van der Waals surface area contributed by atoms with Crippen molar-refractivity contribution in [2.75, 3.05) is 31.8 Å². The van der Waals surface area contributed by atoms with Crippen LogP contribution in [0.15, 0.2) is 53.4 Å². The lowest BCUT2D eigenvalue weighted by molar-refractivity contribution is 0.0742. The third-order valence-corrected chi connectivity index (χ3v) is 5.85. The van der Waals surface area contributed by atoms with E-state index in [2.05, 4.69) is 11.8 Å². The molecule has 2 aromatic rings. The summed E-state index contributed by atoms with van der Waals surface area (Å²) in [5, 5.41) is 0. The van der Waals surface area contributed by atoms with Crippen molar-refractivity contribution in [2.24, 2.45) is 0 Å². The van der Waals surface area contributed by atoms with E-state index in [1.807, 2.05) is 38.2 Å². The highest BCUT2D eigenvalue weighted by atomic mass is 32.2. The molecule has 5 nitrogen and oxygen atoms in total. The van der Waals surface area contributed by atoms with Gasteiger partial charge in [0.1, 0.15) is 0 Å². The second kappa shape index (κ2) is 7.91. The number of nitrogens with zero attached hydrogens (tertiary/aromatic N) is 2. The van der Waals surface area contributed by atoms with E-state index in [1.165, 1.54) is 6.26 Å². The molecule has 0 aliphatic carbocycles. The number of sulfone groups is 1. The number of rotatable bonds is 6. The van der Waals surface area contributed by atoms with Crippen molar-refractivity contribution in [1.82, 2.24) is 4.90 Å². The average Bonchev–Trinajstić information content (AvgIpc) is 2.65. The van der Waals surface area contributed by atoms with Crippen molar-refractivity contribution >= 4 is 21.4 Å². The van der Waals surface area contributed by atoms with E-state index < -0.39 is 9.84 Å². The molecule has 0 N–H and O–H groups in total. The van der Waals surface area contributed by atoms with Crippen molar-refractivity contribution in [3.05, 3.63) is 59.7 Å². The molecule has 2 aromatic carbocycles. The number of benzene rings is 2. The Hall–Kier alpha value is -2.34. The summed E-state index contributed by atoms with van der Waals surface area (Å²) in [6.45, 7) is 4.89. The minimum Gasteiger partial charge on any atom is -0.375 e. The summed E-state index contributed by atoms with van der Waals surface area (Å²) in [6.07, 6.45) is 1.18. The largest absolute Gasteiger partial charge is 0.375 e. The number of anilines is 1. The van der Waals surface area contributed by atoms with Crippen LogP contribution < -0.4 is 4.90 Å². The molecule has 26 heavy (non-hydrogen) atoms. The van der Waals surface area contributed by atoms with Gasteiger partial charge in [-0.25, -0.2) is 8.42 Å². The lowest BCUT2D eigenvalue weighted by Gasteiger charge is -2.26. The molecule has 0 aliphatic heterocycles. The van der Waals surface area contributed by atoms with Crippen molar-refractivity contribution in [3.63, 3.8) is 0 Å². The van der Waals surface area contributed by atoms with Gasteiger partial charge in [-0.2, -0.15) is 0 Å². The van der Waals surface area contributed by atoms with Crippen molar-refractivity contribution in [2.45, 2.75) is 24.8 Å². The first-order valence-electron chi connectivity index (χ1n) is 8.53. The molecule has 0 heterocycles. The zero-order chi connectivity index (χ0) is 19.5. The van der Waals surface area contributed by atoms with Gasteiger partial charge in [0.2, 0.25) is 0 Å². The van der Waals surface area contributed by atoms with Gasteiger partial charge in [-0.1, -0.05) is 12.1 Å². The van der Waals surface area contributed by atoms with Crippen LogP contribution in [0.5, 0.6) is 0 Å². The van der Waals surface area contributed by atoms with Crippen LogP contribution >= 0.6 is 0 Å². The first-order chi connectivity index (χ1) is 12.1. The first-order valence-corrected chi connectivity index (χ1v) is 10.4. The molecule has 0 aliphatic rings. The Bertz CT molecular complexity index is 859. The second-order valence-corrected chi connectivity index (χ2v) is 8.51. The molecule has 140 valence electrons. The molecular formula is C20H26N2O3S. The van der Waals surface area contributed by atoms with Crippen LogP contribution in [0, 0.1) is 0 Å². The molecule has 0 bridgehead atoms. The van der Waals surface area contributed by atoms with Gasteiger partial charge in [0, 0.05) is 38.1 Å². The fourth-order valence-corrected chi connectivity index (χ4v) is 3.27. The number of hydrogen-bond donors (Lipinski definition) is 0. The summed E-state index contributed by atoms with van der Waals surface area (Å²) in [4.78, 5) is 16.8. The molecule has 0 saturated heterocycles. The summed E-state index contributed by atoms with van der Waals surface area (Å²) >= 11 is 0. The van der Waals surface area contributed by atoms with E-state index in [0.717, 1.165) is 17.8 Å². The van der Waals surface area contributed by atoms with E-state index in [0.29, 0.717) is 5.56 Å². The van der Waals surface area contributed by atoms with Gasteiger partial charge in [0.25, 0.3) is 5.91 Å². The maximum atomic E-state index is 12.8. The second-order valence-electron chi connectivity index (χ2n) is 6.49. The van der Waals surface area contributed by atoms with Gasteiger partial charge in [-0.05, 0) is 55.8 Å². The fourth-order valence-electron chi connectivity index (χ4n) is 2.64. The minimum atomic E-state index is -3.22. The van der Waals surface area contributed by atoms with E-state index >= 15 is 0 Å². The molecule has 1 unspecified atom stereocenters. The Morgan fingerprint density at radius 1 is 1.00 bits per heavy atom. The van der Waals surface area contributed by atoms with Crippen LogP contribution in [-0.2, 0) is 9.84 Å². The van der Waals surface area contributed by atoms with Gasteiger partial charge < -0.3 is 9.80 Å². The quantitative estimate of drug-likeness (QED) is 0.778. The molecule has 2 rings (SSSR count). The highest BCUT2D eigenvalue weighted by Crippen LogP contribution is 2.23. The Kier molecular flexibility index (Phi) is 6.08. The number of hydrogen-bond acceptors (Lipinski definition) is 4. The minimum absolute atomic E-state index is 0.0737. The molecule has 1 atom stereocenters. The van der Waals surface area contributed by atoms with Crippen LogP contribution in [0.25, 0.3) is 0 Å². The number of carbonyl (C=O) groups is 1. The smallest absolute Gasteiger partial charge is 0.254 e. The van der Waals surface area contributed by atoms with Crippen LogP contribution in [-0.4, -0.2) is 46.1 Å². The zero-order valence-corrected chi connectivity index (χ0v) is 16.7. The molecule has 0 radical (unpaired) electrons. The monoisotopic (exact) mass is 374 g/mol. The van der Waals surface area contributed by atoms with E-state index in [9.17, 15) is 13.2 Å². The van der Waals surface area contributed by atoms with Crippen LogP contribution in [0.1, 0.15) is 35.8 Å². The lowest BCUT2D eigenvalue weighted by Crippen LogP contribution is -2.29. The molecule has 6 heteroatoms. The van der Waals surface area contributed by atoms with E-state index in [1.54, 1.807) is 36.2 Å². The zero-order valence-electron chi connectivity index (χ0n) is 15.9. The molecule has 0 spiro atoms. The van der Waals surface area contributed by atoms with Crippen molar-refractivity contribution in [1.29, 1.82) is 0 Å². The lowest BCUT2D eigenvalue weighted by atomic mass is 10.1. The van der Waals surface area contributed by atoms with Gasteiger partial charge in [0.05, 0.1) is 10.9 Å². The Labute approximate surface area is 156 Å². The predicted molar refractivity (Wildman–Crippen MR) is 105 cm³/mol. The standard InChI is InChI=1S/C20H26N2O3S/c1-6-21(3)18-11-7-17(8-12-18)20(23)22(4)15(2)16-9-13-19(14-10-16)26(5,24)25/h7-15H,6H2,1-5H3.